The molecule has 0 spiro atoms. The molecule has 1 aromatic rings. The number of phenolic OH excluding ortho intramolecular Hbond substituents is 1. The van der Waals surface area contributed by atoms with E-state index in [9.17, 15) is 5.11 Å². The first kappa shape index (κ1) is 11.6. The molecule has 0 unspecified atom stereocenters. The fourth-order valence-electron chi connectivity index (χ4n) is 3.19. The Morgan fingerprint density at radius 2 is 1.65 bits per heavy atom. The van der Waals surface area contributed by atoms with Gasteiger partial charge in [-0.1, -0.05) is 23.2 Å². The SMILES string of the molecule is Oc1cc(Cl)c(Cl)cc1[C@H]1C[C@H]2CC[C@@H](C1)N2. The minimum atomic E-state index is 0.283. The Morgan fingerprint density at radius 1 is 1.06 bits per heavy atom. The molecule has 4 heteroatoms. The zero-order valence-electron chi connectivity index (χ0n) is 9.42. The molecule has 0 radical (unpaired) electrons. The molecule has 0 aromatic heterocycles. The molecule has 0 saturated carbocycles. The average Bonchev–Trinajstić information content (AvgIpc) is 2.63. The average molecular weight is 272 g/mol. The lowest BCUT2D eigenvalue weighted by Gasteiger charge is -2.29. The number of piperidine rings is 1. The summed E-state index contributed by atoms with van der Waals surface area (Å²) >= 11 is 11.9. The molecule has 3 rings (SSSR count). The van der Waals surface area contributed by atoms with Crippen molar-refractivity contribution in [2.24, 2.45) is 0 Å². The van der Waals surface area contributed by atoms with Gasteiger partial charge in [0, 0.05) is 18.2 Å². The lowest BCUT2D eigenvalue weighted by atomic mass is 9.86. The Kier molecular flexibility index (Phi) is 2.97. The summed E-state index contributed by atoms with van der Waals surface area (Å²) in [5.41, 5.74) is 0.956. The van der Waals surface area contributed by atoms with Crippen LogP contribution in [-0.2, 0) is 0 Å². The van der Waals surface area contributed by atoms with E-state index in [1.165, 1.54) is 12.8 Å². The molecule has 0 aliphatic carbocycles. The second-order valence-electron chi connectivity index (χ2n) is 5.13. The summed E-state index contributed by atoms with van der Waals surface area (Å²) in [5.74, 6) is 0.689. The predicted octanol–water partition coefficient (Wildman–Crippen LogP) is 3.70. The van der Waals surface area contributed by atoms with Gasteiger partial charge in [0.1, 0.15) is 5.75 Å². The molecule has 92 valence electrons. The van der Waals surface area contributed by atoms with Gasteiger partial charge in [-0.05, 0) is 43.2 Å². The number of phenols is 1. The third-order valence-electron chi connectivity index (χ3n) is 3.98. The van der Waals surface area contributed by atoms with Gasteiger partial charge >= 0.3 is 0 Å². The largest absolute Gasteiger partial charge is 0.508 e. The smallest absolute Gasteiger partial charge is 0.120 e. The highest BCUT2D eigenvalue weighted by atomic mass is 35.5. The van der Waals surface area contributed by atoms with E-state index in [0.29, 0.717) is 28.0 Å². The van der Waals surface area contributed by atoms with Crippen molar-refractivity contribution < 1.29 is 5.11 Å². The number of halogens is 2. The van der Waals surface area contributed by atoms with Crippen molar-refractivity contribution >= 4 is 23.2 Å². The highest BCUT2D eigenvalue weighted by molar-refractivity contribution is 6.42. The number of rotatable bonds is 1. The summed E-state index contributed by atoms with van der Waals surface area (Å²) in [6.45, 7) is 0. The molecule has 2 bridgehead atoms. The summed E-state index contributed by atoms with van der Waals surface area (Å²) in [4.78, 5) is 0. The second kappa shape index (κ2) is 4.34. The Bertz CT molecular complexity index is 437. The first-order chi connectivity index (χ1) is 8.13. The summed E-state index contributed by atoms with van der Waals surface area (Å²) in [6.07, 6.45) is 4.68. The van der Waals surface area contributed by atoms with Gasteiger partial charge in [-0.25, -0.2) is 0 Å². The summed E-state index contributed by atoms with van der Waals surface area (Å²) < 4.78 is 0. The minimum absolute atomic E-state index is 0.283. The summed E-state index contributed by atoms with van der Waals surface area (Å²) in [6, 6.07) is 4.60. The monoisotopic (exact) mass is 271 g/mol. The molecule has 0 amide bonds. The molecule has 2 nitrogen and oxygen atoms in total. The molecular weight excluding hydrogens is 257 g/mol. The van der Waals surface area contributed by atoms with Crippen LogP contribution in [0.2, 0.25) is 10.0 Å². The molecule has 3 atom stereocenters. The van der Waals surface area contributed by atoms with Crippen molar-refractivity contribution in [3.8, 4) is 5.75 Å². The van der Waals surface area contributed by atoms with Crippen LogP contribution in [0.1, 0.15) is 37.2 Å². The van der Waals surface area contributed by atoms with Gasteiger partial charge in [0.2, 0.25) is 0 Å². The maximum absolute atomic E-state index is 10.00. The first-order valence-corrected chi connectivity index (χ1v) is 6.83. The Labute approximate surface area is 111 Å². The predicted molar refractivity (Wildman–Crippen MR) is 70.0 cm³/mol. The number of benzene rings is 1. The molecule has 1 aromatic carbocycles. The topological polar surface area (TPSA) is 32.3 Å². The standard InChI is InChI=1S/C13H15Cl2NO/c14-11-5-10(13(17)6-12(11)15)7-3-8-1-2-9(4-7)16-8/h5-9,16-17H,1-4H2/t7-,8+,9-. The number of aromatic hydroxyl groups is 1. The lowest BCUT2D eigenvalue weighted by molar-refractivity contribution is 0.354. The zero-order chi connectivity index (χ0) is 12.0. The number of fused-ring (bicyclic) bond motifs is 2. The molecule has 2 N–H and O–H groups in total. The Morgan fingerprint density at radius 3 is 2.29 bits per heavy atom. The fraction of sp³-hybridized carbons (Fsp3) is 0.538. The van der Waals surface area contributed by atoms with Crippen molar-refractivity contribution in [2.75, 3.05) is 0 Å². The molecular formula is C13H15Cl2NO. The van der Waals surface area contributed by atoms with E-state index in [-0.39, 0.29) is 5.75 Å². The molecule has 2 saturated heterocycles. The van der Waals surface area contributed by atoms with Gasteiger partial charge in [-0.2, -0.15) is 0 Å². The highest BCUT2D eigenvalue weighted by Gasteiger charge is 2.35. The van der Waals surface area contributed by atoms with Gasteiger partial charge < -0.3 is 10.4 Å². The molecule has 2 heterocycles. The van der Waals surface area contributed by atoms with E-state index < -0.39 is 0 Å². The fourth-order valence-corrected chi connectivity index (χ4v) is 3.52. The maximum atomic E-state index is 10.00. The number of nitrogens with one attached hydrogen (secondary N) is 1. The van der Waals surface area contributed by atoms with Crippen molar-refractivity contribution in [3.63, 3.8) is 0 Å². The van der Waals surface area contributed by atoms with E-state index in [1.807, 2.05) is 6.07 Å². The number of hydrogen-bond acceptors (Lipinski definition) is 2. The molecule has 2 fully saturated rings. The van der Waals surface area contributed by atoms with Gasteiger partial charge in [-0.15, -0.1) is 0 Å². The van der Waals surface area contributed by atoms with Crippen LogP contribution < -0.4 is 5.32 Å². The van der Waals surface area contributed by atoms with E-state index in [0.717, 1.165) is 18.4 Å². The summed E-state index contributed by atoms with van der Waals surface area (Å²) in [7, 11) is 0. The van der Waals surface area contributed by atoms with Crippen LogP contribution in [0.25, 0.3) is 0 Å². The van der Waals surface area contributed by atoms with Crippen LogP contribution >= 0.6 is 23.2 Å². The quantitative estimate of drug-likeness (QED) is 0.817. The normalized spacial score (nSPS) is 31.8. The zero-order valence-corrected chi connectivity index (χ0v) is 10.9. The Balaban J connectivity index is 1.91. The third-order valence-corrected chi connectivity index (χ3v) is 4.70. The van der Waals surface area contributed by atoms with Gasteiger partial charge in [0.25, 0.3) is 0 Å². The lowest BCUT2D eigenvalue weighted by Crippen LogP contribution is -2.37. The van der Waals surface area contributed by atoms with E-state index >= 15 is 0 Å². The second-order valence-corrected chi connectivity index (χ2v) is 5.95. The van der Waals surface area contributed by atoms with Crippen LogP contribution in [0.4, 0.5) is 0 Å². The molecule has 2 aliphatic heterocycles. The van der Waals surface area contributed by atoms with E-state index in [1.54, 1.807) is 6.07 Å². The van der Waals surface area contributed by atoms with Crippen molar-refractivity contribution in [3.05, 3.63) is 27.7 Å². The summed E-state index contributed by atoms with van der Waals surface area (Å²) in [5, 5.41) is 14.5. The minimum Gasteiger partial charge on any atom is -0.508 e. The Hall–Kier alpha value is -0.440. The van der Waals surface area contributed by atoms with Crippen LogP contribution in [0.5, 0.6) is 5.75 Å². The van der Waals surface area contributed by atoms with Crippen LogP contribution in [0, 0.1) is 0 Å². The van der Waals surface area contributed by atoms with Gasteiger partial charge in [0.15, 0.2) is 0 Å². The van der Waals surface area contributed by atoms with Crippen molar-refractivity contribution in [2.45, 2.75) is 43.7 Å². The molecule has 17 heavy (non-hydrogen) atoms. The first-order valence-electron chi connectivity index (χ1n) is 6.07. The van der Waals surface area contributed by atoms with Gasteiger partial charge in [0.05, 0.1) is 10.0 Å². The van der Waals surface area contributed by atoms with Crippen molar-refractivity contribution in [1.29, 1.82) is 0 Å². The highest BCUT2D eigenvalue weighted by Crippen LogP contribution is 2.42. The van der Waals surface area contributed by atoms with Crippen LogP contribution in [-0.4, -0.2) is 17.2 Å². The van der Waals surface area contributed by atoms with E-state index in [2.05, 4.69) is 5.32 Å². The third kappa shape index (κ3) is 2.14. The van der Waals surface area contributed by atoms with Crippen molar-refractivity contribution in [1.82, 2.24) is 5.32 Å². The van der Waals surface area contributed by atoms with E-state index in [4.69, 9.17) is 23.2 Å². The van der Waals surface area contributed by atoms with Crippen LogP contribution in [0.15, 0.2) is 12.1 Å². The molecule has 2 aliphatic rings. The maximum Gasteiger partial charge on any atom is 0.120 e. The van der Waals surface area contributed by atoms with Gasteiger partial charge in [-0.3, -0.25) is 0 Å². The van der Waals surface area contributed by atoms with Crippen LogP contribution in [0.3, 0.4) is 0 Å². The number of hydrogen-bond donors (Lipinski definition) is 2.